The average molecular weight is 328 g/mol. The summed E-state index contributed by atoms with van der Waals surface area (Å²) in [5.41, 5.74) is 1.94. The Morgan fingerprint density at radius 2 is 1.83 bits per heavy atom. The number of ether oxygens (including phenoxy) is 1. The first kappa shape index (κ1) is 16.5. The van der Waals surface area contributed by atoms with Crippen LogP contribution in [-0.2, 0) is 17.9 Å². The second-order valence-electron chi connectivity index (χ2n) is 5.93. The van der Waals surface area contributed by atoms with Crippen molar-refractivity contribution in [1.82, 2.24) is 10.6 Å². The van der Waals surface area contributed by atoms with Crippen LogP contribution in [0.1, 0.15) is 24.0 Å². The third-order valence-electron chi connectivity index (χ3n) is 4.09. The van der Waals surface area contributed by atoms with E-state index in [1.165, 1.54) is 12.1 Å². The van der Waals surface area contributed by atoms with Gasteiger partial charge in [-0.15, -0.1) is 0 Å². The Morgan fingerprint density at radius 1 is 1.12 bits per heavy atom. The fourth-order valence-electron chi connectivity index (χ4n) is 2.67. The van der Waals surface area contributed by atoms with Gasteiger partial charge in [0.2, 0.25) is 5.91 Å². The van der Waals surface area contributed by atoms with Gasteiger partial charge in [-0.05, 0) is 54.8 Å². The monoisotopic (exact) mass is 328 g/mol. The Labute approximate surface area is 141 Å². The van der Waals surface area contributed by atoms with Crippen molar-refractivity contribution in [3.05, 3.63) is 65.5 Å². The minimum absolute atomic E-state index is 0.0525. The molecule has 1 fully saturated rings. The van der Waals surface area contributed by atoms with Crippen molar-refractivity contribution in [2.45, 2.75) is 32.0 Å². The second kappa shape index (κ2) is 7.93. The molecule has 0 bridgehead atoms. The van der Waals surface area contributed by atoms with Crippen molar-refractivity contribution < 1.29 is 13.9 Å². The first-order valence-corrected chi connectivity index (χ1v) is 8.18. The van der Waals surface area contributed by atoms with Gasteiger partial charge >= 0.3 is 0 Å². The van der Waals surface area contributed by atoms with Gasteiger partial charge < -0.3 is 15.4 Å². The Hall–Kier alpha value is -2.40. The molecule has 126 valence electrons. The van der Waals surface area contributed by atoms with Crippen LogP contribution in [0, 0.1) is 5.82 Å². The Morgan fingerprint density at radius 3 is 2.50 bits per heavy atom. The van der Waals surface area contributed by atoms with Crippen molar-refractivity contribution in [2.24, 2.45) is 0 Å². The average Bonchev–Trinajstić information content (AvgIpc) is 3.15. The van der Waals surface area contributed by atoms with Crippen LogP contribution in [0.15, 0.2) is 48.5 Å². The lowest BCUT2D eigenvalue weighted by Crippen LogP contribution is -2.39. The first-order chi connectivity index (χ1) is 11.7. The zero-order chi connectivity index (χ0) is 16.8. The molecule has 3 rings (SSSR count). The molecule has 1 saturated heterocycles. The number of carbonyl (C=O) groups is 1. The number of benzene rings is 2. The lowest BCUT2D eigenvalue weighted by Gasteiger charge is -2.11. The van der Waals surface area contributed by atoms with E-state index in [2.05, 4.69) is 10.6 Å². The summed E-state index contributed by atoms with van der Waals surface area (Å²) >= 11 is 0. The van der Waals surface area contributed by atoms with Crippen molar-refractivity contribution in [3.8, 4) is 5.75 Å². The summed E-state index contributed by atoms with van der Waals surface area (Å²) in [7, 11) is 0. The molecule has 1 aliphatic heterocycles. The van der Waals surface area contributed by atoms with Crippen LogP contribution in [-0.4, -0.2) is 18.5 Å². The van der Waals surface area contributed by atoms with Crippen molar-refractivity contribution in [1.29, 1.82) is 0 Å². The summed E-state index contributed by atoms with van der Waals surface area (Å²) in [6.07, 6.45) is 1.96. The van der Waals surface area contributed by atoms with Crippen molar-refractivity contribution in [3.63, 3.8) is 0 Å². The van der Waals surface area contributed by atoms with Gasteiger partial charge in [-0.25, -0.2) is 4.39 Å². The summed E-state index contributed by atoms with van der Waals surface area (Å²) in [5.74, 6) is 0.550. The highest BCUT2D eigenvalue weighted by Gasteiger charge is 2.21. The van der Waals surface area contributed by atoms with Gasteiger partial charge in [0.25, 0.3) is 0 Å². The van der Waals surface area contributed by atoms with Crippen LogP contribution in [0.5, 0.6) is 5.75 Å². The van der Waals surface area contributed by atoms with Crippen LogP contribution >= 0.6 is 0 Å². The van der Waals surface area contributed by atoms with Crippen LogP contribution in [0.4, 0.5) is 4.39 Å². The van der Waals surface area contributed by atoms with E-state index in [1.807, 2.05) is 24.3 Å². The molecule has 1 aliphatic rings. The summed E-state index contributed by atoms with van der Waals surface area (Å²) < 4.78 is 18.5. The number of halogens is 1. The number of carbonyl (C=O) groups excluding carboxylic acids is 1. The molecule has 24 heavy (non-hydrogen) atoms. The Balaban J connectivity index is 1.46. The van der Waals surface area contributed by atoms with E-state index in [9.17, 15) is 9.18 Å². The van der Waals surface area contributed by atoms with E-state index < -0.39 is 0 Å². The van der Waals surface area contributed by atoms with Gasteiger partial charge in [0.1, 0.15) is 18.2 Å². The van der Waals surface area contributed by atoms with Gasteiger partial charge in [0, 0.05) is 6.54 Å². The number of nitrogens with one attached hydrogen (secondary N) is 2. The molecular formula is C19H21FN2O2. The molecule has 2 aromatic rings. The fraction of sp³-hybridized carbons (Fsp3) is 0.316. The largest absolute Gasteiger partial charge is 0.489 e. The smallest absolute Gasteiger partial charge is 0.237 e. The van der Waals surface area contributed by atoms with Crippen LogP contribution in [0.2, 0.25) is 0 Å². The maximum Gasteiger partial charge on any atom is 0.237 e. The molecular weight excluding hydrogens is 307 g/mol. The first-order valence-electron chi connectivity index (χ1n) is 8.18. The van der Waals surface area contributed by atoms with Crippen LogP contribution < -0.4 is 15.4 Å². The van der Waals surface area contributed by atoms with Gasteiger partial charge in [0.05, 0.1) is 6.04 Å². The molecule has 5 heteroatoms. The highest BCUT2D eigenvalue weighted by molar-refractivity contribution is 5.81. The summed E-state index contributed by atoms with van der Waals surface area (Å²) in [5, 5.41) is 6.13. The fourth-order valence-corrected chi connectivity index (χ4v) is 2.67. The maximum atomic E-state index is 12.8. The maximum absolute atomic E-state index is 12.8. The van der Waals surface area contributed by atoms with Gasteiger partial charge in [-0.3, -0.25) is 4.79 Å². The zero-order valence-corrected chi connectivity index (χ0v) is 13.4. The number of hydrogen-bond donors (Lipinski definition) is 2. The molecule has 0 spiro atoms. The molecule has 4 nitrogen and oxygen atoms in total. The molecule has 0 saturated carbocycles. The van der Waals surface area contributed by atoms with E-state index in [-0.39, 0.29) is 17.8 Å². The zero-order valence-electron chi connectivity index (χ0n) is 13.4. The standard InChI is InChI=1S/C19H21FN2O2/c20-16-7-3-15(4-8-16)13-24-17-9-5-14(6-10-17)12-22-19(23)18-2-1-11-21-18/h3-10,18,21H,1-2,11-13H2,(H,22,23)/t18-/m0/s1. The van der Waals surface area contributed by atoms with Crippen molar-refractivity contribution >= 4 is 5.91 Å². The number of rotatable bonds is 6. The highest BCUT2D eigenvalue weighted by Crippen LogP contribution is 2.15. The lowest BCUT2D eigenvalue weighted by molar-refractivity contribution is -0.122. The molecule has 1 heterocycles. The molecule has 0 aliphatic carbocycles. The molecule has 0 aromatic heterocycles. The minimum Gasteiger partial charge on any atom is -0.489 e. The molecule has 2 aromatic carbocycles. The predicted octanol–water partition coefficient (Wildman–Crippen LogP) is 2.77. The van der Waals surface area contributed by atoms with E-state index in [0.29, 0.717) is 13.2 Å². The SMILES string of the molecule is O=C(NCc1ccc(OCc2ccc(F)cc2)cc1)[C@@H]1CCCN1. The highest BCUT2D eigenvalue weighted by atomic mass is 19.1. The number of hydrogen-bond acceptors (Lipinski definition) is 3. The quantitative estimate of drug-likeness (QED) is 0.857. The van der Waals surface area contributed by atoms with Crippen LogP contribution in [0.3, 0.4) is 0 Å². The van der Waals surface area contributed by atoms with E-state index >= 15 is 0 Å². The molecule has 0 unspecified atom stereocenters. The molecule has 1 amide bonds. The van der Waals surface area contributed by atoms with E-state index in [0.717, 1.165) is 36.3 Å². The minimum atomic E-state index is -0.252. The van der Waals surface area contributed by atoms with E-state index in [1.54, 1.807) is 12.1 Å². The van der Waals surface area contributed by atoms with E-state index in [4.69, 9.17) is 4.74 Å². The number of amides is 1. The Bertz CT molecular complexity index is 665. The third kappa shape index (κ3) is 4.55. The van der Waals surface area contributed by atoms with Crippen molar-refractivity contribution in [2.75, 3.05) is 6.54 Å². The summed E-state index contributed by atoms with van der Waals surface area (Å²) in [4.78, 5) is 11.9. The van der Waals surface area contributed by atoms with Gasteiger partial charge in [-0.1, -0.05) is 24.3 Å². The normalized spacial score (nSPS) is 16.8. The molecule has 1 atom stereocenters. The summed E-state index contributed by atoms with van der Waals surface area (Å²) in [6, 6.07) is 13.8. The lowest BCUT2D eigenvalue weighted by atomic mass is 10.2. The second-order valence-corrected chi connectivity index (χ2v) is 5.93. The topological polar surface area (TPSA) is 50.4 Å². The third-order valence-corrected chi connectivity index (χ3v) is 4.09. The van der Waals surface area contributed by atoms with Crippen LogP contribution in [0.25, 0.3) is 0 Å². The predicted molar refractivity (Wildman–Crippen MR) is 90.0 cm³/mol. The van der Waals surface area contributed by atoms with Gasteiger partial charge in [0.15, 0.2) is 0 Å². The molecule has 0 radical (unpaired) electrons. The Kier molecular flexibility index (Phi) is 5.43. The van der Waals surface area contributed by atoms with Gasteiger partial charge in [-0.2, -0.15) is 0 Å². The summed E-state index contributed by atoms with van der Waals surface area (Å²) in [6.45, 7) is 1.82. The molecule has 2 N–H and O–H groups in total.